The largest absolute Gasteiger partial charge is 0.321 e. The Labute approximate surface area is 101 Å². The smallest absolute Gasteiger partial charge is 0.199 e. The molecule has 0 spiro atoms. The number of aromatic nitrogens is 2. The molecule has 0 saturated heterocycles. The van der Waals surface area contributed by atoms with E-state index in [4.69, 9.17) is 17.3 Å². The van der Waals surface area contributed by atoms with Crippen molar-refractivity contribution in [2.45, 2.75) is 45.7 Å². The summed E-state index contributed by atoms with van der Waals surface area (Å²) in [6, 6.07) is -0.477. The number of Topliss-reactive ketones (excluding diaryl/α,β-unsaturated/α-hetero) is 1. The molecule has 90 valence electrons. The first kappa shape index (κ1) is 13.2. The van der Waals surface area contributed by atoms with Crippen LogP contribution in [0.4, 0.5) is 0 Å². The number of halogens is 1. The molecule has 0 fully saturated rings. The molecule has 1 rings (SSSR count). The Kier molecular flexibility index (Phi) is 4.96. The van der Waals surface area contributed by atoms with Crippen LogP contribution in [0, 0.1) is 0 Å². The van der Waals surface area contributed by atoms with Crippen molar-refractivity contribution >= 4 is 17.4 Å². The van der Waals surface area contributed by atoms with E-state index in [1.807, 2.05) is 13.8 Å². The highest BCUT2D eigenvalue weighted by Gasteiger charge is 2.22. The second-order valence-electron chi connectivity index (χ2n) is 3.82. The first-order valence-electron chi connectivity index (χ1n) is 5.62. The average molecular weight is 244 g/mol. The van der Waals surface area contributed by atoms with E-state index in [0.29, 0.717) is 23.7 Å². The van der Waals surface area contributed by atoms with Gasteiger partial charge in [0.15, 0.2) is 5.78 Å². The lowest BCUT2D eigenvalue weighted by Crippen LogP contribution is -2.32. The molecule has 16 heavy (non-hydrogen) atoms. The summed E-state index contributed by atoms with van der Waals surface area (Å²) in [5, 5.41) is 4.47. The Morgan fingerprint density at radius 3 is 2.81 bits per heavy atom. The van der Waals surface area contributed by atoms with Crippen molar-refractivity contribution in [1.29, 1.82) is 0 Å². The van der Waals surface area contributed by atoms with Gasteiger partial charge in [-0.05, 0) is 12.8 Å². The van der Waals surface area contributed by atoms with Crippen molar-refractivity contribution in [1.82, 2.24) is 9.78 Å². The lowest BCUT2D eigenvalue weighted by Gasteiger charge is -2.11. The molecular weight excluding hydrogens is 226 g/mol. The summed E-state index contributed by atoms with van der Waals surface area (Å²) in [5.74, 6) is -0.113. The Morgan fingerprint density at radius 1 is 1.56 bits per heavy atom. The molecule has 0 aliphatic rings. The van der Waals surface area contributed by atoms with Crippen LogP contribution < -0.4 is 5.73 Å². The van der Waals surface area contributed by atoms with Crippen LogP contribution in [-0.2, 0) is 6.54 Å². The van der Waals surface area contributed by atoms with Crippen molar-refractivity contribution in [3.8, 4) is 0 Å². The minimum absolute atomic E-state index is 0.113. The van der Waals surface area contributed by atoms with Crippen molar-refractivity contribution < 1.29 is 4.79 Å². The highest BCUT2D eigenvalue weighted by Crippen LogP contribution is 2.18. The van der Waals surface area contributed by atoms with E-state index in [0.717, 1.165) is 12.8 Å². The number of carbonyl (C=O) groups excluding carboxylic acids is 1. The van der Waals surface area contributed by atoms with Gasteiger partial charge in [-0.3, -0.25) is 9.48 Å². The molecule has 0 bridgehead atoms. The molecule has 2 N–H and O–H groups in total. The number of aryl methyl sites for hydroxylation is 1. The lowest BCUT2D eigenvalue weighted by atomic mass is 10.1. The third-order valence-corrected chi connectivity index (χ3v) is 2.68. The highest BCUT2D eigenvalue weighted by atomic mass is 35.5. The standard InChI is InChI=1S/C11H18ClN3O/c1-3-5-9(13)11(16)10-8(12)7-14-15(10)6-4-2/h7,9H,3-6,13H2,1-2H3. The molecule has 1 aromatic heterocycles. The molecular formula is C11H18ClN3O. The molecule has 4 nitrogen and oxygen atoms in total. The molecule has 1 atom stereocenters. The zero-order valence-corrected chi connectivity index (χ0v) is 10.5. The lowest BCUT2D eigenvalue weighted by molar-refractivity contribution is 0.0946. The van der Waals surface area contributed by atoms with Gasteiger partial charge in [-0.2, -0.15) is 5.10 Å². The fraction of sp³-hybridized carbons (Fsp3) is 0.636. The maximum atomic E-state index is 12.0. The minimum atomic E-state index is -0.477. The van der Waals surface area contributed by atoms with Crippen LogP contribution in [0.2, 0.25) is 5.02 Å². The van der Waals surface area contributed by atoms with Crippen LogP contribution in [0.25, 0.3) is 0 Å². The van der Waals surface area contributed by atoms with Crippen molar-refractivity contribution in [3.63, 3.8) is 0 Å². The van der Waals surface area contributed by atoms with Gasteiger partial charge >= 0.3 is 0 Å². The van der Waals surface area contributed by atoms with Crippen molar-refractivity contribution in [2.24, 2.45) is 5.73 Å². The predicted octanol–water partition coefficient (Wildman–Crippen LogP) is 2.26. The number of ketones is 1. The fourth-order valence-electron chi connectivity index (χ4n) is 1.61. The zero-order chi connectivity index (χ0) is 12.1. The number of nitrogens with zero attached hydrogens (tertiary/aromatic N) is 2. The average Bonchev–Trinajstić information content (AvgIpc) is 2.60. The van der Waals surface area contributed by atoms with Crippen molar-refractivity contribution in [3.05, 3.63) is 16.9 Å². The van der Waals surface area contributed by atoms with Gasteiger partial charge in [-0.25, -0.2) is 0 Å². The maximum absolute atomic E-state index is 12.0. The normalized spacial score (nSPS) is 12.8. The second-order valence-corrected chi connectivity index (χ2v) is 4.23. The summed E-state index contributed by atoms with van der Waals surface area (Å²) >= 11 is 5.96. The molecule has 5 heteroatoms. The summed E-state index contributed by atoms with van der Waals surface area (Å²) < 4.78 is 1.64. The molecule has 1 heterocycles. The third kappa shape index (κ3) is 2.83. The van der Waals surface area contributed by atoms with Gasteiger partial charge in [-0.15, -0.1) is 0 Å². The number of carbonyl (C=O) groups is 1. The second kappa shape index (κ2) is 6.01. The summed E-state index contributed by atoms with van der Waals surface area (Å²) in [5.41, 5.74) is 6.25. The van der Waals surface area contributed by atoms with Crippen LogP contribution in [0.1, 0.15) is 43.6 Å². The van der Waals surface area contributed by atoms with Crippen LogP contribution in [0.15, 0.2) is 6.20 Å². The Morgan fingerprint density at radius 2 is 2.25 bits per heavy atom. The van der Waals surface area contributed by atoms with Gasteiger partial charge in [-0.1, -0.05) is 31.9 Å². The van der Waals surface area contributed by atoms with Gasteiger partial charge < -0.3 is 5.73 Å². The molecule has 0 saturated carbocycles. The maximum Gasteiger partial charge on any atom is 0.199 e. The first-order valence-corrected chi connectivity index (χ1v) is 6.00. The van der Waals surface area contributed by atoms with E-state index >= 15 is 0 Å². The Hall–Kier alpha value is -0.870. The number of hydrogen-bond donors (Lipinski definition) is 1. The molecule has 0 aliphatic carbocycles. The van der Waals surface area contributed by atoms with Gasteiger partial charge in [0, 0.05) is 6.54 Å². The summed E-state index contributed by atoms with van der Waals surface area (Å²) in [6.45, 7) is 4.71. The van der Waals surface area contributed by atoms with Crippen molar-refractivity contribution in [2.75, 3.05) is 0 Å². The number of hydrogen-bond acceptors (Lipinski definition) is 3. The molecule has 0 aliphatic heterocycles. The molecule has 0 amide bonds. The minimum Gasteiger partial charge on any atom is -0.321 e. The van der Waals surface area contributed by atoms with Gasteiger partial charge in [0.05, 0.1) is 17.3 Å². The van der Waals surface area contributed by atoms with E-state index in [1.165, 1.54) is 6.20 Å². The predicted molar refractivity (Wildman–Crippen MR) is 64.7 cm³/mol. The van der Waals surface area contributed by atoms with E-state index < -0.39 is 6.04 Å². The topological polar surface area (TPSA) is 60.9 Å². The Bertz CT molecular complexity index is 362. The zero-order valence-electron chi connectivity index (χ0n) is 9.74. The summed E-state index contributed by atoms with van der Waals surface area (Å²) in [6.07, 6.45) is 3.96. The molecule has 0 aromatic carbocycles. The number of nitrogens with two attached hydrogens (primary N) is 1. The van der Waals surface area contributed by atoms with E-state index in [2.05, 4.69) is 5.10 Å². The number of rotatable bonds is 6. The van der Waals surface area contributed by atoms with Gasteiger partial charge in [0.1, 0.15) is 5.69 Å². The van der Waals surface area contributed by atoms with Gasteiger partial charge in [0.25, 0.3) is 0 Å². The quantitative estimate of drug-likeness (QED) is 0.780. The van der Waals surface area contributed by atoms with Crippen LogP contribution in [0.5, 0.6) is 0 Å². The molecule has 1 unspecified atom stereocenters. The SMILES string of the molecule is CCCC(N)C(=O)c1c(Cl)cnn1CCC. The first-order chi connectivity index (χ1) is 7.61. The highest BCUT2D eigenvalue weighted by molar-refractivity contribution is 6.33. The van der Waals surface area contributed by atoms with E-state index in [-0.39, 0.29) is 5.78 Å². The van der Waals surface area contributed by atoms with Crippen LogP contribution in [-0.4, -0.2) is 21.6 Å². The fourth-order valence-corrected chi connectivity index (χ4v) is 1.84. The van der Waals surface area contributed by atoms with E-state index in [9.17, 15) is 4.79 Å². The van der Waals surface area contributed by atoms with E-state index in [1.54, 1.807) is 4.68 Å². The molecule has 1 aromatic rings. The monoisotopic (exact) mass is 243 g/mol. The van der Waals surface area contributed by atoms with Crippen LogP contribution in [0.3, 0.4) is 0 Å². The Balaban J connectivity index is 2.92. The van der Waals surface area contributed by atoms with Gasteiger partial charge in [0.2, 0.25) is 0 Å². The summed E-state index contributed by atoms with van der Waals surface area (Å²) in [4.78, 5) is 12.0. The molecule has 0 radical (unpaired) electrons. The van der Waals surface area contributed by atoms with Crippen LogP contribution >= 0.6 is 11.6 Å². The summed E-state index contributed by atoms with van der Waals surface area (Å²) in [7, 11) is 0. The third-order valence-electron chi connectivity index (χ3n) is 2.40.